The lowest BCUT2D eigenvalue weighted by Gasteiger charge is -2.25. The third-order valence-corrected chi connectivity index (χ3v) is 2.07. The minimum atomic E-state index is -0.612. The summed E-state index contributed by atoms with van der Waals surface area (Å²) in [5.41, 5.74) is 0. The quantitative estimate of drug-likeness (QED) is 0.599. The van der Waals surface area contributed by atoms with Crippen LogP contribution in [0, 0.1) is 5.92 Å². The molecule has 7 nitrogen and oxygen atoms in total. The summed E-state index contributed by atoms with van der Waals surface area (Å²) >= 11 is 0. The number of aromatic amines is 1. The van der Waals surface area contributed by atoms with Gasteiger partial charge in [0.1, 0.15) is 0 Å². The minimum absolute atomic E-state index is 0. The van der Waals surface area contributed by atoms with Crippen molar-refractivity contribution in [1.82, 2.24) is 20.8 Å². The van der Waals surface area contributed by atoms with Gasteiger partial charge in [0, 0.05) is 13.1 Å². The number of H-pyrrole nitrogens is 1. The standard InChI is InChI=1S/C7H10N4O3.ClH/c12-6(4-1-8-2-4)9-3-5-10-7(13)14-11-5;/h4,8H,1-3H2,(H,9,12)(H,10,11,13);1H. The third-order valence-electron chi connectivity index (χ3n) is 2.07. The number of nitrogens with one attached hydrogen (secondary N) is 3. The van der Waals surface area contributed by atoms with Crippen LogP contribution in [0.25, 0.3) is 0 Å². The van der Waals surface area contributed by atoms with E-state index in [1.165, 1.54) is 0 Å². The van der Waals surface area contributed by atoms with Gasteiger partial charge in [-0.1, -0.05) is 5.16 Å². The fourth-order valence-electron chi connectivity index (χ4n) is 1.13. The lowest BCUT2D eigenvalue weighted by molar-refractivity contribution is -0.126. The SMILES string of the molecule is Cl.O=C(NCc1noc(=O)[nH]1)C1CNC1. The lowest BCUT2D eigenvalue weighted by atomic mass is 10.0. The molecule has 0 radical (unpaired) electrons. The highest BCUT2D eigenvalue weighted by atomic mass is 35.5. The first-order valence-corrected chi connectivity index (χ1v) is 4.29. The first-order valence-electron chi connectivity index (χ1n) is 4.29. The third kappa shape index (κ3) is 2.80. The normalized spacial score (nSPS) is 15.2. The summed E-state index contributed by atoms with van der Waals surface area (Å²) in [6, 6.07) is 0. The summed E-state index contributed by atoms with van der Waals surface area (Å²) < 4.78 is 4.27. The zero-order valence-electron chi connectivity index (χ0n) is 7.78. The maximum absolute atomic E-state index is 11.3. The summed E-state index contributed by atoms with van der Waals surface area (Å²) in [5, 5.41) is 9.05. The van der Waals surface area contributed by atoms with Crippen molar-refractivity contribution < 1.29 is 9.32 Å². The van der Waals surface area contributed by atoms with Gasteiger partial charge in [0.05, 0.1) is 12.5 Å². The molecule has 0 atom stereocenters. The molecule has 0 unspecified atom stereocenters. The molecule has 2 rings (SSSR count). The van der Waals surface area contributed by atoms with Crippen LogP contribution in [0.15, 0.2) is 9.32 Å². The number of aromatic nitrogens is 2. The highest BCUT2D eigenvalue weighted by Crippen LogP contribution is 2.01. The monoisotopic (exact) mass is 234 g/mol. The number of carbonyl (C=O) groups excluding carboxylic acids is 1. The van der Waals surface area contributed by atoms with Crippen LogP contribution in [-0.2, 0) is 11.3 Å². The first kappa shape index (κ1) is 11.7. The van der Waals surface area contributed by atoms with Crippen LogP contribution in [-0.4, -0.2) is 29.1 Å². The number of hydrogen-bond acceptors (Lipinski definition) is 5. The van der Waals surface area contributed by atoms with Gasteiger partial charge in [0.15, 0.2) is 5.82 Å². The number of halogens is 1. The molecule has 84 valence electrons. The van der Waals surface area contributed by atoms with Crippen molar-refractivity contribution in [3.05, 3.63) is 16.4 Å². The van der Waals surface area contributed by atoms with Crippen LogP contribution in [0.2, 0.25) is 0 Å². The van der Waals surface area contributed by atoms with Crippen molar-refractivity contribution in [2.24, 2.45) is 5.92 Å². The van der Waals surface area contributed by atoms with E-state index in [4.69, 9.17) is 0 Å². The van der Waals surface area contributed by atoms with Crippen LogP contribution in [0.5, 0.6) is 0 Å². The van der Waals surface area contributed by atoms with Gasteiger partial charge in [-0.3, -0.25) is 14.3 Å². The Morgan fingerprint density at radius 1 is 1.60 bits per heavy atom. The van der Waals surface area contributed by atoms with E-state index in [0.29, 0.717) is 18.9 Å². The van der Waals surface area contributed by atoms with Crippen LogP contribution in [0.1, 0.15) is 5.82 Å². The number of amides is 1. The van der Waals surface area contributed by atoms with Crippen molar-refractivity contribution in [3.63, 3.8) is 0 Å². The van der Waals surface area contributed by atoms with E-state index >= 15 is 0 Å². The smallest absolute Gasteiger partial charge is 0.348 e. The average Bonchev–Trinajstić information content (AvgIpc) is 2.45. The van der Waals surface area contributed by atoms with Gasteiger partial charge >= 0.3 is 5.76 Å². The van der Waals surface area contributed by atoms with Crippen molar-refractivity contribution >= 4 is 18.3 Å². The van der Waals surface area contributed by atoms with Gasteiger partial charge in [0.25, 0.3) is 0 Å². The molecule has 1 aliphatic heterocycles. The first-order chi connectivity index (χ1) is 6.75. The molecule has 0 saturated carbocycles. The Kier molecular flexibility index (Phi) is 3.87. The Morgan fingerprint density at radius 2 is 2.33 bits per heavy atom. The van der Waals surface area contributed by atoms with E-state index in [1.54, 1.807) is 0 Å². The molecule has 1 saturated heterocycles. The average molecular weight is 235 g/mol. The number of carbonyl (C=O) groups is 1. The maximum atomic E-state index is 11.3. The van der Waals surface area contributed by atoms with Gasteiger partial charge in [-0.15, -0.1) is 12.4 Å². The van der Waals surface area contributed by atoms with E-state index in [9.17, 15) is 9.59 Å². The summed E-state index contributed by atoms with van der Waals surface area (Å²) in [6.45, 7) is 1.61. The van der Waals surface area contributed by atoms with Crippen molar-refractivity contribution in [1.29, 1.82) is 0 Å². The van der Waals surface area contributed by atoms with Crippen LogP contribution < -0.4 is 16.4 Å². The van der Waals surface area contributed by atoms with E-state index in [0.717, 1.165) is 0 Å². The molecule has 15 heavy (non-hydrogen) atoms. The highest BCUT2D eigenvalue weighted by molar-refractivity contribution is 5.85. The predicted octanol–water partition coefficient (Wildman–Crippen LogP) is -1.38. The number of rotatable bonds is 3. The van der Waals surface area contributed by atoms with E-state index in [-0.39, 0.29) is 30.8 Å². The van der Waals surface area contributed by atoms with Crippen molar-refractivity contribution in [2.75, 3.05) is 13.1 Å². The van der Waals surface area contributed by atoms with E-state index in [1.807, 2.05) is 0 Å². The largest absolute Gasteiger partial charge is 0.438 e. The second-order valence-electron chi connectivity index (χ2n) is 3.11. The molecular formula is C7H11ClN4O3. The topological polar surface area (TPSA) is 100 Å². The van der Waals surface area contributed by atoms with Gasteiger partial charge in [-0.2, -0.15) is 0 Å². The Labute approximate surface area is 91.0 Å². The summed E-state index contributed by atoms with van der Waals surface area (Å²) in [4.78, 5) is 24.2. The Balaban J connectivity index is 0.00000112. The molecule has 0 spiro atoms. The van der Waals surface area contributed by atoms with Gasteiger partial charge < -0.3 is 10.6 Å². The molecule has 2 heterocycles. The number of hydrogen-bond donors (Lipinski definition) is 3. The highest BCUT2D eigenvalue weighted by Gasteiger charge is 2.24. The van der Waals surface area contributed by atoms with Gasteiger partial charge in [0.2, 0.25) is 5.91 Å². The zero-order chi connectivity index (χ0) is 9.97. The number of nitrogens with zero attached hydrogens (tertiary/aromatic N) is 1. The molecule has 3 N–H and O–H groups in total. The minimum Gasteiger partial charge on any atom is -0.348 e. The molecule has 1 aromatic rings. The zero-order valence-corrected chi connectivity index (χ0v) is 8.60. The molecular weight excluding hydrogens is 224 g/mol. The van der Waals surface area contributed by atoms with Crippen molar-refractivity contribution in [2.45, 2.75) is 6.54 Å². The summed E-state index contributed by atoms with van der Waals surface area (Å²) in [5.74, 6) is -0.281. The van der Waals surface area contributed by atoms with Crippen molar-refractivity contribution in [3.8, 4) is 0 Å². The molecule has 1 fully saturated rings. The second kappa shape index (κ2) is 4.94. The fraction of sp³-hybridized carbons (Fsp3) is 0.571. The molecule has 0 aliphatic carbocycles. The molecule has 1 aliphatic rings. The van der Waals surface area contributed by atoms with Gasteiger partial charge in [-0.25, -0.2) is 4.79 Å². The predicted molar refractivity (Wildman–Crippen MR) is 52.6 cm³/mol. The molecule has 1 amide bonds. The fourth-order valence-corrected chi connectivity index (χ4v) is 1.13. The van der Waals surface area contributed by atoms with Crippen LogP contribution in [0.3, 0.4) is 0 Å². The van der Waals surface area contributed by atoms with E-state index < -0.39 is 5.76 Å². The second-order valence-corrected chi connectivity index (χ2v) is 3.11. The lowest BCUT2D eigenvalue weighted by Crippen LogP contribution is -2.50. The van der Waals surface area contributed by atoms with Crippen LogP contribution >= 0.6 is 12.4 Å². The maximum Gasteiger partial charge on any atom is 0.438 e. The van der Waals surface area contributed by atoms with E-state index in [2.05, 4.69) is 25.3 Å². The Hall–Kier alpha value is -1.34. The Bertz CT molecular complexity index is 384. The summed E-state index contributed by atoms with van der Waals surface area (Å²) in [7, 11) is 0. The molecule has 1 aromatic heterocycles. The molecule has 8 heteroatoms. The summed E-state index contributed by atoms with van der Waals surface area (Å²) in [6.07, 6.45) is 0. The molecule has 0 bridgehead atoms. The Morgan fingerprint density at radius 3 is 2.80 bits per heavy atom. The van der Waals surface area contributed by atoms with Gasteiger partial charge in [-0.05, 0) is 0 Å². The molecule has 0 aromatic carbocycles. The van der Waals surface area contributed by atoms with Crippen LogP contribution in [0.4, 0.5) is 0 Å².